The second kappa shape index (κ2) is 13.7. The van der Waals surface area contributed by atoms with E-state index < -0.39 is 5.60 Å². The van der Waals surface area contributed by atoms with Crippen molar-refractivity contribution in [3.8, 4) is 5.75 Å². The third kappa shape index (κ3) is 8.82. The smallest absolute Gasteiger partial charge is 0.256 e. The van der Waals surface area contributed by atoms with Crippen LogP contribution in [0.3, 0.4) is 0 Å². The van der Waals surface area contributed by atoms with Gasteiger partial charge in [0.1, 0.15) is 11.4 Å². The van der Waals surface area contributed by atoms with E-state index in [0.29, 0.717) is 12.6 Å². The molecular weight excluding hydrogens is 388 g/mol. The van der Waals surface area contributed by atoms with Gasteiger partial charge in [0.15, 0.2) is 0 Å². The van der Waals surface area contributed by atoms with Crippen molar-refractivity contribution >= 4 is 11.6 Å². The molecule has 1 amide bonds. The van der Waals surface area contributed by atoms with Crippen LogP contribution in [0.5, 0.6) is 5.75 Å². The molecule has 0 aliphatic carbocycles. The van der Waals surface area contributed by atoms with Crippen molar-refractivity contribution in [2.75, 3.05) is 31.6 Å². The summed E-state index contributed by atoms with van der Waals surface area (Å²) in [6.07, 6.45) is 9.91. The van der Waals surface area contributed by atoms with E-state index in [4.69, 9.17) is 9.47 Å². The number of amides is 1. The number of benzene rings is 1. The number of carbonyl (C=O) groups excluding carboxylic acids is 1. The molecule has 1 heterocycles. The monoisotopic (exact) mass is 432 g/mol. The first-order valence-corrected chi connectivity index (χ1v) is 12.4. The summed E-state index contributed by atoms with van der Waals surface area (Å²) in [6.45, 7) is 12.1. The minimum atomic E-state index is -0.786. The molecule has 0 unspecified atom stereocenters. The average Bonchev–Trinajstić information content (AvgIpc) is 2.77. The minimum Gasteiger partial charge on any atom is -0.494 e. The quantitative estimate of drug-likeness (QED) is 0.364. The van der Waals surface area contributed by atoms with Crippen molar-refractivity contribution in [2.45, 2.75) is 97.1 Å². The van der Waals surface area contributed by atoms with Gasteiger partial charge < -0.3 is 19.7 Å². The summed E-state index contributed by atoms with van der Waals surface area (Å²) in [4.78, 5) is 15.5. The van der Waals surface area contributed by atoms with E-state index in [2.05, 4.69) is 31.0 Å². The van der Waals surface area contributed by atoms with E-state index in [1.807, 2.05) is 31.2 Å². The Morgan fingerprint density at radius 3 is 2.55 bits per heavy atom. The zero-order chi connectivity index (χ0) is 22.5. The van der Waals surface area contributed by atoms with Crippen LogP contribution in [-0.2, 0) is 9.53 Å². The number of ether oxygens (including phenoxy) is 2. The lowest BCUT2D eigenvalue weighted by molar-refractivity contribution is -0.140. The highest BCUT2D eigenvalue weighted by Gasteiger charge is 2.33. The molecule has 2 atom stereocenters. The van der Waals surface area contributed by atoms with Crippen LogP contribution in [0.1, 0.15) is 85.5 Å². The van der Waals surface area contributed by atoms with Crippen LogP contribution in [0.2, 0.25) is 0 Å². The molecule has 1 saturated heterocycles. The number of nitrogens with zero attached hydrogens (tertiary/aromatic N) is 1. The first kappa shape index (κ1) is 25.7. The van der Waals surface area contributed by atoms with Gasteiger partial charge in [0.05, 0.1) is 6.61 Å². The third-order valence-electron chi connectivity index (χ3n) is 6.27. The van der Waals surface area contributed by atoms with Gasteiger partial charge >= 0.3 is 0 Å². The molecule has 1 aliphatic rings. The van der Waals surface area contributed by atoms with Crippen LogP contribution in [-0.4, -0.2) is 48.8 Å². The molecule has 176 valence electrons. The van der Waals surface area contributed by atoms with Crippen molar-refractivity contribution in [3.05, 3.63) is 24.3 Å². The van der Waals surface area contributed by atoms with E-state index in [1.165, 1.54) is 25.8 Å². The maximum absolute atomic E-state index is 12.9. The van der Waals surface area contributed by atoms with Gasteiger partial charge in [0.2, 0.25) is 0 Å². The highest BCUT2D eigenvalue weighted by molar-refractivity contribution is 5.97. The number of unbranched alkanes of at least 4 members (excludes halogenated alkanes) is 2. The first-order valence-electron chi connectivity index (χ1n) is 12.4. The van der Waals surface area contributed by atoms with E-state index >= 15 is 0 Å². The predicted molar refractivity (Wildman–Crippen MR) is 129 cm³/mol. The number of likely N-dealkylation sites (tertiary alicyclic amines) is 1. The first-order chi connectivity index (χ1) is 15.0. The molecule has 0 radical (unpaired) electrons. The van der Waals surface area contributed by atoms with Crippen LogP contribution < -0.4 is 10.1 Å². The number of hydrogen-bond acceptors (Lipinski definition) is 4. The number of nitrogens with one attached hydrogen (secondary N) is 1. The van der Waals surface area contributed by atoms with E-state index in [1.54, 1.807) is 0 Å². The van der Waals surface area contributed by atoms with Gasteiger partial charge in [-0.3, -0.25) is 4.79 Å². The van der Waals surface area contributed by atoms with Crippen LogP contribution in [0.25, 0.3) is 0 Å². The Kier molecular flexibility index (Phi) is 11.4. The zero-order valence-electron chi connectivity index (χ0n) is 20.3. The number of rotatable bonds is 14. The van der Waals surface area contributed by atoms with Crippen LogP contribution in [0.15, 0.2) is 24.3 Å². The SMILES string of the molecule is CCCCC[C@](C)(OCCC)C(=O)Nc1ccc(OCCCN2CCCC[C@@H]2C)cc1. The molecule has 1 aromatic carbocycles. The zero-order valence-corrected chi connectivity index (χ0v) is 20.3. The van der Waals surface area contributed by atoms with Crippen LogP contribution >= 0.6 is 0 Å². The maximum atomic E-state index is 12.9. The molecule has 31 heavy (non-hydrogen) atoms. The van der Waals surface area contributed by atoms with Gasteiger partial charge in [-0.1, -0.05) is 39.5 Å². The molecule has 1 N–H and O–H groups in total. The molecular formula is C26H44N2O3. The number of piperidine rings is 1. The number of anilines is 1. The van der Waals surface area contributed by atoms with Gasteiger partial charge in [-0.15, -0.1) is 0 Å². The molecule has 5 heteroatoms. The predicted octanol–water partition coefficient (Wildman–Crippen LogP) is 6.03. The molecule has 5 nitrogen and oxygen atoms in total. The number of hydrogen-bond donors (Lipinski definition) is 1. The standard InChI is InChI=1S/C26H44N2O3/c1-5-7-9-17-26(4,31-20-6-2)25(29)27-23-13-15-24(16-14-23)30-21-11-19-28-18-10-8-12-22(28)3/h13-16,22H,5-12,17-21H2,1-4H3,(H,27,29)/t22-,26-/m0/s1. The van der Waals surface area contributed by atoms with Gasteiger partial charge in [0, 0.05) is 24.9 Å². The fourth-order valence-corrected chi connectivity index (χ4v) is 4.14. The summed E-state index contributed by atoms with van der Waals surface area (Å²) in [7, 11) is 0. The Hall–Kier alpha value is -1.59. The summed E-state index contributed by atoms with van der Waals surface area (Å²) in [6, 6.07) is 8.38. The lowest BCUT2D eigenvalue weighted by atomic mass is 9.96. The summed E-state index contributed by atoms with van der Waals surface area (Å²) in [5.74, 6) is 0.777. The molecule has 1 aliphatic heterocycles. The highest BCUT2D eigenvalue weighted by atomic mass is 16.5. The molecule has 0 spiro atoms. The fraction of sp³-hybridized carbons (Fsp3) is 0.731. The van der Waals surface area contributed by atoms with Crippen molar-refractivity contribution in [1.29, 1.82) is 0 Å². The second-order valence-corrected chi connectivity index (χ2v) is 9.10. The Morgan fingerprint density at radius 2 is 1.87 bits per heavy atom. The molecule has 0 aromatic heterocycles. The summed E-state index contributed by atoms with van der Waals surface area (Å²) >= 11 is 0. The van der Waals surface area contributed by atoms with Crippen molar-refractivity contribution < 1.29 is 14.3 Å². The minimum absolute atomic E-state index is 0.0682. The van der Waals surface area contributed by atoms with E-state index in [-0.39, 0.29) is 5.91 Å². The average molecular weight is 433 g/mol. The van der Waals surface area contributed by atoms with Gasteiger partial charge in [-0.25, -0.2) is 0 Å². The van der Waals surface area contributed by atoms with Crippen molar-refractivity contribution in [2.24, 2.45) is 0 Å². The Labute approximate surface area is 189 Å². The maximum Gasteiger partial charge on any atom is 0.256 e. The molecule has 1 aromatic rings. The lowest BCUT2D eigenvalue weighted by Crippen LogP contribution is -2.43. The lowest BCUT2D eigenvalue weighted by Gasteiger charge is -2.33. The van der Waals surface area contributed by atoms with Crippen LogP contribution in [0, 0.1) is 0 Å². The van der Waals surface area contributed by atoms with E-state index in [0.717, 1.165) is 63.1 Å². The Balaban J connectivity index is 1.79. The third-order valence-corrected chi connectivity index (χ3v) is 6.27. The van der Waals surface area contributed by atoms with Gasteiger partial charge in [-0.2, -0.15) is 0 Å². The summed E-state index contributed by atoms with van der Waals surface area (Å²) < 4.78 is 11.9. The summed E-state index contributed by atoms with van der Waals surface area (Å²) in [5, 5.41) is 3.03. The Morgan fingerprint density at radius 1 is 1.10 bits per heavy atom. The fourth-order valence-electron chi connectivity index (χ4n) is 4.14. The highest BCUT2D eigenvalue weighted by Crippen LogP contribution is 2.24. The normalized spacial score (nSPS) is 19.0. The molecule has 2 rings (SSSR count). The van der Waals surface area contributed by atoms with Gasteiger partial charge in [-0.05, 0) is 76.8 Å². The van der Waals surface area contributed by atoms with Crippen molar-refractivity contribution in [1.82, 2.24) is 4.90 Å². The Bertz CT molecular complexity index is 634. The van der Waals surface area contributed by atoms with E-state index in [9.17, 15) is 4.79 Å². The van der Waals surface area contributed by atoms with Crippen LogP contribution in [0.4, 0.5) is 5.69 Å². The second-order valence-electron chi connectivity index (χ2n) is 9.10. The number of carbonyl (C=O) groups is 1. The van der Waals surface area contributed by atoms with Gasteiger partial charge in [0.25, 0.3) is 5.91 Å². The molecule has 0 bridgehead atoms. The summed E-state index contributed by atoms with van der Waals surface area (Å²) in [5.41, 5.74) is -0.00679. The largest absolute Gasteiger partial charge is 0.494 e. The van der Waals surface area contributed by atoms with Crippen molar-refractivity contribution in [3.63, 3.8) is 0 Å². The molecule has 0 saturated carbocycles. The topological polar surface area (TPSA) is 50.8 Å². The molecule has 1 fully saturated rings.